The zero-order chi connectivity index (χ0) is 12.5. The molecule has 1 aliphatic heterocycles. The monoisotopic (exact) mass is 230 g/mol. The van der Waals surface area contributed by atoms with Crippen LogP contribution in [0.4, 0.5) is 0 Å². The predicted molar refractivity (Wildman–Crippen MR) is 66.2 cm³/mol. The molecule has 2 rings (SSSR count). The Kier molecular flexibility index (Phi) is 3.19. The van der Waals surface area contributed by atoms with Crippen LogP contribution in [0.25, 0.3) is 0 Å². The van der Waals surface area contributed by atoms with Crippen LogP contribution in [0.2, 0.25) is 0 Å². The van der Waals surface area contributed by atoms with Crippen molar-refractivity contribution < 1.29 is 5.11 Å². The molecule has 1 heterocycles. The zero-order valence-corrected chi connectivity index (χ0v) is 10.3. The molecule has 0 unspecified atom stereocenters. The Labute approximate surface area is 102 Å². The highest BCUT2D eigenvalue weighted by Gasteiger charge is 2.43. The molecular weight excluding hydrogens is 212 g/mol. The predicted octanol–water partition coefficient (Wildman–Crippen LogP) is 1.76. The average Bonchev–Trinajstić information content (AvgIpc) is 2.27. The van der Waals surface area contributed by atoms with Gasteiger partial charge in [-0.25, -0.2) is 0 Å². The van der Waals surface area contributed by atoms with Crippen molar-refractivity contribution in [1.82, 2.24) is 4.90 Å². The molecule has 0 aliphatic carbocycles. The van der Waals surface area contributed by atoms with E-state index >= 15 is 0 Å². The normalized spacial score (nSPS) is 18.8. The maximum Gasteiger partial charge on any atom is 0.0995 e. The van der Waals surface area contributed by atoms with Gasteiger partial charge in [-0.15, -0.1) is 0 Å². The van der Waals surface area contributed by atoms with E-state index in [0.717, 1.165) is 17.7 Å². The average molecular weight is 230 g/mol. The van der Waals surface area contributed by atoms with Gasteiger partial charge in [0.05, 0.1) is 17.2 Å². The first kappa shape index (κ1) is 12.1. The van der Waals surface area contributed by atoms with E-state index in [1.807, 2.05) is 38.1 Å². The molecule has 3 nitrogen and oxygen atoms in total. The van der Waals surface area contributed by atoms with E-state index in [4.69, 9.17) is 5.26 Å². The molecule has 0 radical (unpaired) electrons. The van der Waals surface area contributed by atoms with Crippen molar-refractivity contribution in [1.29, 1.82) is 5.26 Å². The van der Waals surface area contributed by atoms with Crippen molar-refractivity contribution >= 4 is 0 Å². The van der Waals surface area contributed by atoms with E-state index in [1.54, 1.807) is 0 Å². The minimum absolute atomic E-state index is 0.282. The number of hydrogen-bond acceptors (Lipinski definition) is 3. The van der Waals surface area contributed by atoms with Crippen LogP contribution in [0.3, 0.4) is 0 Å². The van der Waals surface area contributed by atoms with Gasteiger partial charge in [-0.05, 0) is 17.5 Å². The molecule has 0 amide bonds. The summed E-state index contributed by atoms with van der Waals surface area (Å²) in [4.78, 5) is 2.18. The fraction of sp³-hybridized carbons (Fsp3) is 0.500. The first-order chi connectivity index (χ1) is 8.05. The first-order valence-corrected chi connectivity index (χ1v) is 5.98. The molecule has 90 valence electrons. The van der Waals surface area contributed by atoms with Crippen molar-refractivity contribution in [3.8, 4) is 6.07 Å². The largest absolute Gasteiger partial charge is 0.387 e. The fourth-order valence-electron chi connectivity index (χ4n) is 2.21. The van der Waals surface area contributed by atoms with Crippen molar-refractivity contribution in [2.75, 3.05) is 13.1 Å². The number of likely N-dealkylation sites (tertiary alicyclic amines) is 1. The Morgan fingerprint density at radius 1 is 1.41 bits per heavy atom. The molecule has 3 heteroatoms. The lowest BCUT2D eigenvalue weighted by Crippen LogP contribution is -2.63. The zero-order valence-electron chi connectivity index (χ0n) is 10.3. The quantitative estimate of drug-likeness (QED) is 0.860. The van der Waals surface area contributed by atoms with Gasteiger partial charge >= 0.3 is 0 Å². The van der Waals surface area contributed by atoms with Crippen LogP contribution < -0.4 is 0 Å². The van der Waals surface area contributed by atoms with E-state index in [-0.39, 0.29) is 5.92 Å². The molecule has 17 heavy (non-hydrogen) atoms. The number of β-amino-alcohol motifs (C(OH)–C–C–N with tert-alkyl or cyclic N) is 1. The summed E-state index contributed by atoms with van der Waals surface area (Å²) in [6, 6.07) is 9.84. The van der Waals surface area contributed by atoms with Gasteiger partial charge in [-0.3, -0.25) is 4.90 Å². The minimum Gasteiger partial charge on any atom is -0.387 e. The summed E-state index contributed by atoms with van der Waals surface area (Å²) >= 11 is 0. The maximum atomic E-state index is 10.2. The highest BCUT2D eigenvalue weighted by molar-refractivity contribution is 5.37. The molecule has 0 atom stereocenters. The lowest BCUT2D eigenvalue weighted by molar-refractivity contribution is -0.130. The minimum atomic E-state index is -0.540. The van der Waals surface area contributed by atoms with Crippen LogP contribution in [0.15, 0.2) is 24.3 Å². The van der Waals surface area contributed by atoms with Gasteiger partial charge in [0.15, 0.2) is 0 Å². The number of nitrogens with zero attached hydrogens (tertiary/aromatic N) is 2. The first-order valence-electron chi connectivity index (χ1n) is 5.98. The summed E-state index contributed by atoms with van der Waals surface area (Å²) in [7, 11) is 0. The van der Waals surface area contributed by atoms with Gasteiger partial charge in [-0.1, -0.05) is 32.0 Å². The van der Waals surface area contributed by atoms with Crippen LogP contribution in [0.5, 0.6) is 0 Å². The smallest absolute Gasteiger partial charge is 0.0995 e. The molecule has 0 spiro atoms. The SMILES string of the molecule is CC(C)C1(O)CN(Cc2ccccc2C#N)C1. The summed E-state index contributed by atoms with van der Waals surface area (Å²) in [5.41, 5.74) is 1.23. The maximum absolute atomic E-state index is 10.2. The standard InChI is InChI=1S/C14H18N2O/c1-11(2)14(17)9-16(10-14)8-13-6-4-3-5-12(13)7-15/h3-6,11,17H,8-10H2,1-2H3. The fourth-order valence-corrected chi connectivity index (χ4v) is 2.21. The van der Waals surface area contributed by atoms with Gasteiger partial charge in [0.2, 0.25) is 0 Å². The second-order valence-electron chi connectivity index (χ2n) is 5.17. The Morgan fingerprint density at radius 2 is 2.06 bits per heavy atom. The summed E-state index contributed by atoms with van der Waals surface area (Å²) in [5.74, 6) is 0.282. The van der Waals surface area contributed by atoms with E-state index < -0.39 is 5.60 Å². The van der Waals surface area contributed by atoms with Gasteiger partial charge in [0.1, 0.15) is 0 Å². The molecule has 0 saturated carbocycles. The molecule has 0 aromatic heterocycles. The summed E-state index contributed by atoms with van der Waals surface area (Å²) in [6.07, 6.45) is 0. The van der Waals surface area contributed by atoms with Crippen LogP contribution >= 0.6 is 0 Å². The van der Waals surface area contributed by atoms with Crippen LogP contribution in [0.1, 0.15) is 25.0 Å². The third-order valence-corrected chi connectivity index (χ3v) is 3.60. The van der Waals surface area contributed by atoms with Crippen LogP contribution in [-0.2, 0) is 6.54 Å². The molecule has 0 bridgehead atoms. The number of nitriles is 1. The topological polar surface area (TPSA) is 47.3 Å². The molecular formula is C14H18N2O. The third-order valence-electron chi connectivity index (χ3n) is 3.60. The number of rotatable bonds is 3. The molecule has 1 aromatic carbocycles. The summed E-state index contributed by atoms with van der Waals surface area (Å²) < 4.78 is 0. The Bertz CT molecular complexity index is 442. The number of benzene rings is 1. The molecule has 1 aliphatic rings. The van der Waals surface area contributed by atoms with Gasteiger partial charge in [-0.2, -0.15) is 5.26 Å². The van der Waals surface area contributed by atoms with E-state index in [2.05, 4.69) is 11.0 Å². The van der Waals surface area contributed by atoms with Gasteiger partial charge in [0.25, 0.3) is 0 Å². The summed E-state index contributed by atoms with van der Waals surface area (Å²) in [5, 5.41) is 19.2. The Balaban J connectivity index is 1.99. The Hall–Kier alpha value is -1.37. The third kappa shape index (κ3) is 2.33. The van der Waals surface area contributed by atoms with Crippen molar-refractivity contribution in [3.63, 3.8) is 0 Å². The highest BCUT2D eigenvalue weighted by atomic mass is 16.3. The number of aliphatic hydroxyl groups is 1. The Morgan fingerprint density at radius 3 is 2.65 bits per heavy atom. The van der Waals surface area contributed by atoms with Gasteiger partial charge < -0.3 is 5.11 Å². The van der Waals surface area contributed by atoms with Gasteiger partial charge in [0, 0.05) is 19.6 Å². The van der Waals surface area contributed by atoms with E-state index in [1.165, 1.54) is 0 Å². The lowest BCUT2D eigenvalue weighted by atomic mass is 9.82. The van der Waals surface area contributed by atoms with E-state index in [9.17, 15) is 5.11 Å². The lowest BCUT2D eigenvalue weighted by Gasteiger charge is -2.49. The van der Waals surface area contributed by atoms with Crippen molar-refractivity contribution in [2.24, 2.45) is 5.92 Å². The molecule has 1 N–H and O–H groups in total. The second kappa shape index (κ2) is 4.48. The van der Waals surface area contributed by atoms with Crippen LogP contribution in [0, 0.1) is 17.2 Å². The molecule has 1 saturated heterocycles. The molecule has 1 aromatic rings. The number of hydrogen-bond donors (Lipinski definition) is 1. The highest BCUT2D eigenvalue weighted by Crippen LogP contribution is 2.30. The summed E-state index contributed by atoms with van der Waals surface area (Å²) in [6.45, 7) is 6.23. The van der Waals surface area contributed by atoms with E-state index in [0.29, 0.717) is 13.1 Å². The van der Waals surface area contributed by atoms with Crippen LogP contribution in [-0.4, -0.2) is 28.7 Å². The molecule has 1 fully saturated rings. The second-order valence-corrected chi connectivity index (χ2v) is 5.17. The van der Waals surface area contributed by atoms with Crippen molar-refractivity contribution in [3.05, 3.63) is 35.4 Å². The van der Waals surface area contributed by atoms with Crippen molar-refractivity contribution in [2.45, 2.75) is 26.0 Å².